The summed E-state index contributed by atoms with van der Waals surface area (Å²) in [4.78, 5) is 12.8. The molecule has 2 atom stereocenters. The lowest BCUT2D eigenvalue weighted by Crippen LogP contribution is -2.72. The van der Waals surface area contributed by atoms with Crippen LogP contribution in [0.2, 0.25) is 5.54 Å². The van der Waals surface area contributed by atoms with Crippen LogP contribution < -0.4 is 15.6 Å². The molecule has 0 bridgehead atoms. The van der Waals surface area contributed by atoms with Crippen molar-refractivity contribution in [3.05, 3.63) is 91.0 Å². The Morgan fingerprint density at radius 1 is 0.690 bits per heavy atom. The van der Waals surface area contributed by atoms with Gasteiger partial charge in [-0.05, 0) is 27.0 Å². The van der Waals surface area contributed by atoms with E-state index in [1.54, 1.807) is 0 Å². The molecule has 3 aromatic carbocycles. The second kappa shape index (κ2) is 9.23. The van der Waals surface area contributed by atoms with Crippen LogP contribution in [0.1, 0.15) is 20.8 Å². The van der Waals surface area contributed by atoms with E-state index >= 15 is 0 Å². The third-order valence-electron chi connectivity index (χ3n) is 6.02. The second-order valence-electron chi connectivity index (χ2n) is 7.99. The van der Waals surface area contributed by atoms with Crippen molar-refractivity contribution in [1.29, 1.82) is 0 Å². The maximum atomic E-state index is 12.8. The Labute approximate surface area is 175 Å². The van der Waals surface area contributed by atoms with Crippen molar-refractivity contribution < 1.29 is 9.53 Å². The molecule has 0 aromatic heterocycles. The van der Waals surface area contributed by atoms with Gasteiger partial charge in [0.2, 0.25) is 0 Å². The van der Waals surface area contributed by atoms with E-state index in [9.17, 15) is 4.79 Å². The van der Waals surface area contributed by atoms with Gasteiger partial charge >= 0.3 is 5.97 Å². The molecule has 3 rings (SSSR count). The smallest absolute Gasteiger partial charge is 0.308 e. The van der Waals surface area contributed by atoms with E-state index in [4.69, 9.17) is 4.74 Å². The molecular formula is C26H30O2Si. The van der Waals surface area contributed by atoms with Gasteiger partial charge in [-0.25, -0.2) is 0 Å². The van der Waals surface area contributed by atoms with Gasteiger partial charge in [0.1, 0.15) is 0 Å². The van der Waals surface area contributed by atoms with Crippen LogP contribution in [-0.4, -0.2) is 21.2 Å². The van der Waals surface area contributed by atoms with E-state index in [1.807, 2.05) is 6.92 Å². The van der Waals surface area contributed by atoms with Crippen molar-refractivity contribution in [3.8, 4) is 0 Å². The number of methoxy groups -OCH3 is 1. The molecule has 29 heavy (non-hydrogen) atoms. The van der Waals surface area contributed by atoms with Gasteiger partial charge in [0.25, 0.3) is 0 Å². The number of ether oxygens (including phenoxy) is 1. The van der Waals surface area contributed by atoms with Crippen molar-refractivity contribution in [3.63, 3.8) is 0 Å². The Kier molecular flexibility index (Phi) is 6.70. The number of esters is 1. The van der Waals surface area contributed by atoms with Crippen LogP contribution in [-0.2, 0) is 9.53 Å². The number of hydrogen-bond donors (Lipinski definition) is 0. The molecule has 0 saturated carbocycles. The Morgan fingerprint density at radius 3 is 1.31 bits per heavy atom. The molecule has 0 heterocycles. The molecule has 0 amide bonds. The van der Waals surface area contributed by atoms with Gasteiger partial charge in [0, 0.05) is 0 Å². The minimum Gasteiger partial charge on any atom is -0.469 e. The molecule has 150 valence electrons. The fraction of sp³-hybridized carbons (Fsp3) is 0.269. The Morgan fingerprint density at radius 2 is 1.03 bits per heavy atom. The number of carbonyl (C=O) groups is 1. The predicted molar refractivity (Wildman–Crippen MR) is 124 cm³/mol. The first-order valence-electron chi connectivity index (χ1n) is 10.3. The normalized spacial score (nSPS) is 13.7. The van der Waals surface area contributed by atoms with E-state index in [2.05, 4.69) is 105 Å². The SMILES string of the molecule is COC(=O)[C@H](C)[C@H](C(C)C)[Si](c1ccccc1)(c1ccccc1)c1ccccc1. The van der Waals surface area contributed by atoms with Crippen LogP contribution in [0.5, 0.6) is 0 Å². The first kappa shape index (κ1) is 21.1. The Bertz CT molecular complexity index is 811. The largest absolute Gasteiger partial charge is 0.469 e. The fourth-order valence-electron chi connectivity index (χ4n) is 4.97. The monoisotopic (exact) mass is 402 g/mol. The summed E-state index contributed by atoms with van der Waals surface area (Å²) in [7, 11) is -1.07. The Balaban J connectivity index is 2.43. The molecule has 0 aliphatic heterocycles. The van der Waals surface area contributed by atoms with Gasteiger partial charge in [-0.3, -0.25) is 4.79 Å². The van der Waals surface area contributed by atoms with Crippen LogP contribution in [0.4, 0.5) is 0 Å². The molecule has 0 radical (unpaired) electrons. The molecule has 0 fully saturated rings. The lowest BCUT2D eigenvalue weighted by Gasteiger charge is -2.45. The molecule has 0 aliphatic carbocycles. The summed E-state index contributed by atoms with van der Waals surface area (Å²) in [6, 6.07) is 32.3. The molecule has 0 saturated heterocycles. The summed E-state index contributed by atoms with van der Waals surface area (Å²) in [5, 5.41) is 3.98. The van der Waals surface area contributed by atoms with Crippen molar-refractivity contribution >= 4 is 29.6 Å². The summed E-state index contributed by atoms with van der Waals surface area (Å²) in [6.07, 6.45) is 0. The fourth-order valence-corrected chi connectivity index (χ4v) is 11.2. The number of rotatable bonds is 7. The summed E-state index contributed by atoms with van der Waals surface area (Å²) in [5.41, 5.74) is 0.141. The average molecular weight is 403 g/mol. The average Bonchev–Trinajstić information content (AvgIpc) is 2.78. The highest BCUT2D eigenvalue weighted by molar-refractivity contribution is 7.12. The summed E-state index contributed by atoms with van der Waals surface area (Å²) in [5.74, 6) is -0.0490. The molecule has 0 aliphatic rings. The molecule has 0 unspecified atom stereocenters. The minimum absolute atomic E-state index is 0.136. The molecule has 3 heteroatoms. The van der Waals surface area contributed by atoms with Gasteiger partial charge in [-0.1, -0.05) is 112 Å². The zero-order valence-electron chi connectivity index (χ0n) is 17.7. The minimum atomic E-state index is -2.56. The number of hydrogen-bond acceptors (Lipinski definition) is 2. The van der Waals surface area contributed by atoms with Crippen LogP contribution >= 0.6 is 0 Å². The summed E-state index contributed by atoms with van der Waals surface area (Å²) in [6.45, 7) is 6.51. The topological polar surface area (TPSA) is 26.3 Å². The molecule has 0 spiro atoms. The second-order valence-corrected chi connectivity index (χ2v) is 12.0. The van der Waals surface area contributed by atoms with Crippen molar-refractivity contribution in [2.24, 2.45) is 11.8 Å². The molecule has 2 nitrogen and oxygen atoms in total. The zero-order chi connectivity index (χ0) is 20.9. The van der Waals surface area contributed by atoms with Crippen molar-refractivity contribution in [2.75, 3.05) is 7.11 Å². The Hall–Kier alpha value is -2.65. The summed E-state index contributed by atoms with van der Waals surface area (Å²) >= 11 is 0. The first-order chi connectivity index (χ1) is 14.0. The third kappa shape index (κ3) is 3.92. The van der Waals surface area contributed by atoms with Gasteiger partial charge in [0.15, 0.2) is 8.07 Å². The molecular weight excluding hydrogens is 372 g/mol. The highest BCUT2D eigenvalue weighted by Gasteiger charge is 2.51. The quantitative estimate of drug-likeness (QED) is 0.339. The van der Waals surface area contributed by atoms with Gasteiger partial charge in [-0.2, -0.15) is 0 Å². The van der Waals surface area contributed by atoms with E-state index < -0.39 is 8.07 Å². The van der Waals surface area contributed by atoms with Gasteiger partial charge in [0.05, 0.1) is 13.0 Å². The van der Waals surface area contributed by atoms with E-state index in [0.717, 1.165) is 0 Å². The summed E-state index contributed by atoms with van der Waals surface area (Å²) < 4.78 is 5.23. The maximum Gasteiger partial charge on any atom is 0.308 e. The van der Waals surface area contributed by atoms with Crippen molar-refractivity contribution in [2.45, 2.75) is 26.3 Å². The van der Waals surface area contributed by atoms with Crippen LogP contribution in [0, 0.1) is 11.8 Å². The first-order valence-corrected chi connectivity index (χ1v) is 12.4. The van der Waals surface area contributed by atoms with Gasteiger partial charge in [-0.15, -0.1) is 0 Å². The predicted octanol–water partition coefficient (Wildman–Crippen LogP) is 3.99. The lowest BCUT2D eigenvalue weighted by molar-refractivity contribution is -0.145. The van der Waals surface area contributed by atoms with Crippen molar-refractivity contribution in [1.82, 2.24) is 0 Å². The molecule has 0 N–H and O–H groups in total. The van der Waals surface area contributed by atoms with Crippen LogP contribution in [0.3, 0.4) is 0 Å². The molecule has 3 aromatic rings. The van der Waals surface area contributed by atoms with E-state index in [0.29, 0.717) is 5.92 Å². The standard InChI is InChI=1S/C26H30O2Si/c1-20(2)25(21(3)26(27)28-4)29(22-14-8-5-9-15-22,23-16-10-6-11-17-23)24-18-12-7-13-19-24/h5-21,25H,1-4H3/t21-,25+/m1/s1. The highest BCUT2D eigenvalue weighted by atomic mass is 28.3. The van der Waals surface area contributed by atoms with Crippen LogP contribution in [0.25, 0.3) is 0 Å². The van der Waals surface area contributed by atoms with E-state index in [1.165, 1.54) is 22.7 Å². The lowest BCUT2D eigenvalue weighted by atomic mass is 9.98. The van der Waals surface area contributed by atoms with E-state index in [-0.39, 0.29) is 17.4 Å². The third-order valence-corrected chi connectivity index (χ3v) is 11.9. The van der Waals surface area contributed by atoms with Gasteiger partial charge < -0.3 is 4.74 Å². The zero-order valence-corrected chi connectivity index (χ0v) is 18.7. The number of benzene rings is 3. The highest BCUT2D eigenvalue weighted by Crippen LogP contribution is 2.37. The van der Waals surface area contributed by atoms with Crippen LogP contribution in [0.15, 0.2) is 91.0 Å². The number of carbonyl (C=O) groups excluding carboxylic acids is 1. The maximum absolute atomic E-state index is 12.8.